The van der Waals surface area contributed by atoms with Gasteiger partial charge in [-0.1, -0.05) is 0 Å². The molecule has 0 nitrogen and oxygen atoms in total. The zero-order valence-corrected chi connectivity index (χ0v) is 6.60. The van der Waals surface area contributed by atoms with Crippen molar-refractivity contribution in [2.45, 2.75) is 0 Å². The standard InChI is InChI=1S/Au.Co.Fe.Ni. The van der Waals surface area contributed by atoms with Crippen LogP contribution >= 0.6 is 0 Å². The Morgan fingerprint density at radius 1 is 1.00 bits per heavy atom. The molecule has 0 aliphatic heterocycles. The molecule has 0 amide bonds. The van der Waals surface area contributed by atoms with E-state index in [-0.39, 0.29) is 72.7 Å². The van der Waals surface area contributed by atoms with Crippen LogP contribution in [0.25, 0.3) is 0 Å². The Labute approximate surface area is 72.0 Å². The van der Waals surface area contributed by atoms with Gasteiger partial charge >= 0.3 is 0 Å². The average molecular weight is 370 g/mol. The van der Waals surface area contributed by atoms with Gasteiger partial charge in [-0.2, -0.15) is 0 Å². The summed E-state index contributed by atoms with van der Waals surface area (Å²) in [6.07, 6.45) is 0. The van der Waals surface area contributed by atoms with Crippen LogP contribution in [0, 0.1) is 0 Å². The van der Waals surface area contributed by atoms with Crippen molar-refractivity contribution < 1.29 is 72.7 Å². The van der Waals surface area contributed by atoms with E-state index < -0.39 is 0 Å². The van der Waals surface area contributed by atoms with E-state index in [0.29, 0.717) is 0 Å². The van der Waals surface area contributed by atoms with Gasteiger partial charge in [-0.05, 0) is 0 Å². The molecule has 0 aromatic heterocycles. The third-order valence-corrected chi connectivity index (χ3v) is 0. The summed E-state index contributed by atoms with van der Waals surface area (Å²) in [5.74, 6) is 0. The fraction of sp³-hybridized carbons (Fsp3) is 0. The molecule has 0 rings (SSSR count). The van der Waals surface area contributed by atoms with Crippen molar-refractivity contribution in [3.8, 4) is 0 Å². The van der Waals surface area contributed by atoms with Crippen LogP contribution in [0.4, 0.5) is 0 Å². The van der Waals surface area contributed by atoms with Crippen LogP contribution < -0.4 is 0 Å². The summed E-state index contributed by atoms with van der Waals surface area (Å²) < 4.78 is 0. The van der Waals surface area contributed by atoms with Gasteiger partial charge in [0, 0.05) is 72.7 Å². The van der Waals surface area contributed by atoms with Gasteiger partial charge in [0.15, 0.2) is 0 Å². The van der Waals surface area contributed by atoms with E-state index in [0.717, 1.165) is 0 Å². The van der Waals surface area contributed by atoms with Gasteiger partial charge in [0.25, 0.3) is 0 Å². The van der Waals surface area contributed by atoms with Crippen molar-refractivity contribution in [1.29, 1.82) is 0 Å². The summed E-state index contributed by atoms with van der Waals surface area (Å²) in [4.78, 5) is 0. The second-order valence-electron chi connectivity index (χ2n) is 0. The Morgan fingerprint density at radius 2 is 1.00 bits per heavy atom. The van der Waals surface area contributed by atoms with Gasteiger partial charge in [0.2, 0.25) is 0 Å². The smallest absolute Gasteiger partial charge is 0 e. The molecule has 2 radical (unpaired) electrons. The summed E-state index contributed by atoms with van der Waals surface area (Å²) in [7, 11) is 0. The molecular formula is AuCoFeNi. The molecule has 0 fully saturated rings. The maximum absolute atomic E-state index is 0. The maximum atomic E-state index is 0. The van der Waals surface area contributed by atoms with Crippen molar-refractivity contribution in [2.24, 2.45) is 0 Å². The SMILES string of the molecule is [Au].[Co].[Fe].[Ni]. The van der Waals surface area contributed by atoms with E-state index in [4.69, 9.17) is 0 Å². The minimum atomic E-state index is 0. The van der Waals surface area contributed by atoms with Crippen molar-refractivity contribution in [3.63, 3.8) is 0 Å². The third-order valence-electron chi connectivity index (χ3n) is 0. The van der Waals surface area contributed by atoms with Crippen LogP contribution in [0.2, 0.25) is 0 Å². The van der Waals surface area contributed by atoms with Crippen LogP contribution in [0.1, 0.15) is 0 Å². The normalized spacial score (nSPS) is 0. The predicted molar refractivity (Wildman–Crippen MR) is 0 cm³/mol. The summed E-state index contributed by atoms with van der Waals surface area (Å²) in [6, 6.07) is 0. The van der Waals surface area contributed by atoms with Crippen LogP contribution in [-0.4, -0.2) is 0 Å². The minimum absolute atomic E-state index is 0. The summed E-state index contributed by atoms with van der Waals surface area (Å²) in [5, 5.41) is 0. The van der Waals surface area contributed by atoms with Crippen LogP contribution in [0.3, 0.4) is 0 Å². The fourth-order valence-electron chi connectivity index (χ4n) is 0. The van der Waals surface area contributed by atoms with E-state index in [1.807, 2.05) is 0 Å². The van der Waals surface area contributed by atoms with Gasteiger partial charge < -0.3 is 0 Å². The molecule has 0 saturated carbocycles. The predicted octanol–water partition coefficient (Wildman–Crippen LogP) is -0.0100. The molecule has 0 atom stereocenters. The number of hydrogen-bond donors (Lipinski definition) is 0. The Morgan fingerprint density at radius 3 is 1.00 bits per heavy atom. The Hall–Kier alpha value is 2.26. The quantitative estimate of drug-likeness (QED) is 0.527. The molecule has 0 aliphatic carbocycles. The molecule has 4 heavy (non-hydrogen) atoms. The average Bonchev–Trinajstić information content (AvgIpc) is 0. The van der Waals surface area contributed by atoms with E-state index in [2.05, 4.69) is 0 Å². The first kappa shape index (κ1) is 33.9. The van der Waals surface area contributed by atoms with Crippen LogP contribution in [0.5, 0.6) is 0 Å². The molecule has 0 N–H and O–H groups in total. The van der Waals surface area contributed by atoms with E-state index >= 15 is 0 Å². The zero-order chi connectivity index (χ0) is 0. The summed E-state index contributed by atoms with van der Waals surface area (Å²) in [5.41, 5.74) is 0. The first-order valence-electron chi connectivity index (χ1n) is 0. The molecule has 0 aromatic carbocycles. The van der Waals surface area contributed by atoms with Gasteiger partial charge in [0.05, 0.1) is 0 Å². The molecule has 0 bridgehead atoms. The van der Waals surface area contributed by atoms with Crippen molar-refractivity contribution in [2.75, 3.05) is 0 Å². The Bertz CT molecular complexity index is 8.00. The molecule has 0 heterocycles. The van der Waals surface area contributed by atoms with Crippen LogP contribution in [0.15, 0.2) is 0 Å². The molecule has 0 spiro atoms. The van der Waals surface area contributed by atoms with Crippen LogP contribution in [-0.2, 0) is 72.7 Å². The second kappa shape index (κ2) is 18.7. The Balaban J connectivity index is 0. The Kier molecular flexibility index (Phi) is 158. The molecule has 0 aromatic rings. The first-order valence-corrected chi connectivity index (χ1v) is 0. The third kappa shape index (κ3) is 8.86. The zero-order valence-electron chi connectivity index (χ0n) is 1.30. The fourth-order valence-corrected chi connectivity index (χ4v) is 0. The maximum Gasteiger partial charge on any atom is 0 e. The van der Waals surface area contributed by atoms with Gasteiger partial charge in [-0.3, -0.25) is 0 Å². The van der Waals surface area contributed by atoms with Crippen molar-refractivity contribution in [1.82, 2.24) is 0 Å². The monoisotopic (exact) mass is 370 g/mol. The number of hydrogen-bond acceptors (Lipinski definition) is 0. The summed E-state index contributed by atoms with van der Waals surface area (Å²) in [6.45, 7) is 0. The largest absolute Gasteiger partial charge is 0 e. The van der Waals surface area contributed by atoms with Crippen molar-refractivity contribution >= 4 is 0 Å². The molecule has 38 valence electrons. The number of rotatable bonds is 0. The van der Waals surface area contributed by atoms with Crippen molar-refractivity contribution in [3.05, 3.63) is 0 Å². The molecule has 0 aliphatic rings. The second-order valence-corrected chi connectivity index (χ2v) is 0. The van der Waals surface area contributed by atoms with E-state index in [1.165, 1.54) is 0 Å². The van der Waals surface area contributed by atoms with Gasteiger partial charge in [-0.15, -0.1) is 0 Å². The van der Waals surface area contributed by atoms with Gasteiger partial charge in [-0.25, -0.2) is 0 Å². The minimum Gasteiger partial charge on any atom is 0 e. The van der Waals surface area contributed by atoms with E-state index in [1.54, 1.807) is 0 Å². The molecule has 0 saturated heterocycles. The molecule has 0 unspecified atom stereocenters. The molecular weight excluding hydrogens is 370 g/mol. The topological polar surface area (TPSA) is 0 Å². The first-order chi connectivity index (χ1) is 0. The summed E-state index contributed by atoms with van der Waals surface area (Å²) >= 11 is 0. The van der Waals surface area contributed by atoms with E-state index in [9.17, 15) is 0 Å². The van der Waals surface area contributed by atoms with Gasteiger partial charge in [0.1, 0.15) is 0 Å². The molecule has 4 heteroatoms.